The molecule has 224 valence electrons. The minimum absolute atomic E-state index is 0.0440. The molecule has 3 aromatic rings. The van der Waals surface area contributed by atoms with Gasteiger partial charge in [0.1, 0.15) is 5.82 Å². The molecular weight excluding hydrogens is 613 g/mol. The Bertz CT molecular complexity index is 1780. The van der Waals surface area contributed by atoms with Gasteiger partial charge in [0.05, 0.1) is 24.1 Å². The van der Waals surface area contributed by atoms with Crippen molar-refractivity contribution in [2.45, 2.75) is 35.1 Å². The van der Waals surface area contributed by atoms with Crippen LogP contribution in [0.5, 0.6) is 5.75 Å². The molecule has 0 spiro atoms. The zero-order valence-electron chi connectivity index (χ0n) is 22.9. The highest BCUT2D eigenvalue weighted by Gasteiger charge is 2.76. The van der Waals surface area contributed by atoms with Crippen LogP contribution >= 0.6 is 23.2 Å². The van der Waals surface area contributed by atoms with Gasteiger partial charge in [0.25, 0.3) is 11.8 Å². The van der Waals surface area contributed by atoms with E-state index in [0.717, 1.165) is 34.7 Å². The van der Waals surface area contributed by atoms with Gasteiger partial charge in [-0.25, -0.2) is 13.7 Å². The molecule has 3 fully saturated rings. The number of anilines is 1. The topological polar surface area (TPSA) is 95.0 Å². The smallest absolute Gasteiger partial charge is 0.258 e. The van der Waals surface area contributed by atoms with Crippen LogP contribution in [0.15, 0.2) is 84.4 Å². The number of phenols is 1. The fourth-order valence-corrected chi connectivity index (χ4v) is 8.40. The first kappa shape index (κ1) is 28.7. The summed E-state index contributed by atoms with van der Waals surface area (Å²) in [6.07, 6.45) is 1.66. The number of aromatic hydroxyl groups is 1. The minimum atomic E-state index is -2.19. The maximum absolute atomic E-state index is 14.8. The van der Waals surface area contributed by atoms with Crippen molar-refractivity contribution < 1.29 is 33.1 Å². The van der Waals surface area contributed by atoms with E-state index in [4.69, 9.17) is 23.2 Å². The number of benzene rings is 3. The van der Waals surface area contributed by atoms with Gasteiger partial charge >= 0.3 is 0 Å². The molecule has 0 radical (unpaired) electrons. The first-order chi connectivity index (χ1) is 21.0. The summed E-state index contributed by atoms with van der Waals surface area (Å²) in [4.78, 5) is 53.8. The Hall–Kier alpha value is -4.08. The number of allylic oxidation sites excluding steroid dienone is 2. The van der Waals surface area contributed by atoms with Crippen LogP contribution in [-0.4, -0.2) is 43.4 Å². The molecule has 2 saturated heterocycles. The summed E-state index contributed by atoms with van der Waals surface area (Å²) in [5, 5.41) is 9.93. The van der Waals surface area contributed by atoms with Crippen LogP contribution in [0.3, 0.4) is 0 Å². The van der Waals surface area contributed by atoms with E-state index >= 15 is 0 Å². The van der Waals surface area contributed by atoms with Gasteiger partial charge in [-0.15, -0.1) is 23.2 Å². The Morgan fingerprint density at radius 1 is 0.864 bits per heavy atom. The molecule has 2 aliphatic carbocycles. The summed E-state index contributed by atoms with van der Waals surface area (Å²) < 4.78 is 28.6. The molecule has 1 saturated carbocycles. The van der Waals surface area contributed by atoms with Gasteiger partial charge in [-0.2, -0.15) is 0 Å². The number of carbonyl (C=O) groups excluding carboxylic acids is 4. The van der Waals surface area contributed by atoms with Crippen molar-refractivity contribution in [1.82, 2.24) is 4.90 Å². The first-order valence-electron chi connectivity index (χ1n) is 14.1. The van der Waals surface area contributed by atoms with E-state index in [2.05, 4.69) is 0 Å². The number of likely N-dealkylation sites (tertiary alicyclic amines) is 1. The Labute approximate surface area is 260 Å². The Morgan fingerprint density at radius 3 is 2.25 bits per heavy atom. The van der Waals surface area contributed by atoms with E-state index in [9.17, 15) is 33.1 Å². The summed E-state index contributed by atoms with van der Waals surface area (Å²) in [6.45, 7) is 0.0708. The molecular formula is C33H24Cl2F2N2O5. The molecule has 4 amide bonds. The quantitative estimate of drug-likeness (QED) is 0.234. The van der Waals surface area contributed by atoms with Crippen molar-refractivity contribution in [2.75, 3.05) is 4.90 Å². The third kappa shape index (κ3) is 3.85. The fraction of sp³-hybridized carbons (Fsp3) is 0.273. The van der Waals surface area contributed by atoms with Crippen LogP contribution in [0.1, 0.15) is 29.9 Å². The number of nitrogens with zero attached hydrogens (tertiary/aromatic N) is 2. The summed E-state index contributed by atoms with van der Waals surface area (Å²) in [5.74, 6) is -8.33. The Balaban J connectivity index is 1.37. The van der Waals surface area contributed by atoms with E-state index < -0.39 is 68.5 Å². The molecule has 6 atom stereocenters. The lowest BCUT2D eigenvalue weighted by Gasteiger charge is -2.50. The normalized spacial score (nSPS) is 31.1. The summed E-state index contributed by atoms with van der Waals surface area (Å²) in [6, 6.07) is 17.3. The zero-order chi connectivity index (χ0) is 31.1. The van der Waals surface area contributed by atoms with Gasteiger partial charge < -0.3 is 5.11 Å². The molecule has 7 rings (SSSR count). The SMILES string of the molecule is O=C1[C@H]2[C@H](CC=C3[C@H]2C[C@@]2(Cl)C(=O)N(c4ccc(F)cc4)C(=O)[C@@]2(Cl)[C@H]3c2ccc(O)c(F)c2)C(=O)N1Cc1ccccc1. The van der Waals surface area contributed by atoms with Gasteiger partial charge in [-0.3, -0.25) is 24.1 Å². The van der Waals surface area contributed by atoms with Gasteiger partial charge in [0.15, 0.2) is 21.3 Å². The Morgan fingerprint density at radius 2 is 1.57 bits per heavy atom. The highest BCUT2D eigenvalue weighted by Crippen LogP contribution is 2.65. The average molecular weight is 637 g/mol. The van der Waals surface area contributed by atoms with Crippen molar-refractivity contribution in [3.05, 3.63) is 107 Å². The number of carbonyl (C=O) groups is 4. The second kappa shape index (κ2) is 9.97. The van der Waals surface area contributed by atoms with E-state index in [1.165, 1.54) is 23.1 Å². The number of hydrogen-bond acceptors (Lipinski definition) is 5. The standard InChI is InChI=1S/C33H24Cl2F2N2O5/c34-32-15-23-21(11-12-22-26(23)29(42)38(28(22)41)16-17-4-2-1-3-5-17)27(18-6-13-25(40)24(37)14-18)33(32,35)31(44)39(30(32)43)20-9-7-19(36)8-10-20/h1-11,13-14,22-23,26-27,40H,12,15-16H2/t22-,23+,26-,27-,32+,33-/m0/s1. The van der Waals surface area contributed by atoms with Crippen molar-refractivity contribution in [3.8, 4) is 5.75 Å². The van der Waals surface area contributed by atoms with Crippen LogP contribution < -0.4 is 4.90 Å². The summed E-state index contributed by atoms with van der Waals surface area (Å²) in [7, 11) is 0. The Kier molecular flexibility index (Phi) is 6.50. The molecule has 0 unspecified atom stereocenters. The van der Waals surface area contributed by atoms with Crippen molar-refractivity contribution in [3.63, 3.8) is 0 Å². The molecule has 2 aliphatic heterocycles. The van der Waals surface area contributed by atoms with Crippen LogP contribution in [0, 0.1) is 29.4 Å². The molecule has 1 N–H and O–H groups in total. The molecule has 4 aliphatic rings. The van der Waals surface area contributed by atoms with Crippen LogP contribution in [0.2, 0.25) is 0 Å². The fourth-order valence-electron chi connectivity index (χ4n) is 7.46. The number of rotatable bonds is 4. The molecule has 0 bridgehead atoms. The van der Waals surface area contributed by atoms with Crippen LogP contribution in [0.25, 0.3) is 0 Å². The van der Waals surface area contributed by atoms with Crippen LogP contribution in [-0.2, 0) is 25.7 Å². The second-order valence-corrected chi connectivity index (χ2v) is 13.0. The zero-order valence-corrected chi connectivity index (χ0v) is 24.4. The maximum atomic E-state index is 14.8. The van der Waals surface area contributed by atoms with E-state index in [1.807, 2.05) is 30.3 Å². The number of fused-ring (bicyclic) bond motifs is 4. The third-order valence-electron chi connectivity index (χ3n) is 9.48. The summed E-state index contributed by atoms with van der Waals surface area (Å²) >= 11 is 14.5. The predicted octanol–water partition coefficient (Wildman–Crippen LogP) is 5.43. The van der Waals surface area contributed by atoms with Crippen molar-refractivity contribution in [2.24, 2.45) is 17.8 Å². The summed E-state index contributed by atoms with van der Waals surface area (Å²) in [5.41, 5.74) is 1.46. The molecule has 0 aromatic heterocycles. The van der Waals surface area contributed by atoms with E-state index in [-0.39, 0.29) is 36.5 Å². The largest absolute Gasteiger partial charge is 0.505 e. The third-order valence-corrected chi connectivity index (χ3v) is 10.9. The van der Waals surface area contributed by atoms with Gasteiger partial charge in [0, 0.05) is 5.92 Å². The number of phenolic OH excluding ortho intramolecular Hbond substituents is 1. The number of alkyl halides is 2. The number of halogens is 4. The van der Waals surface area contributed by atoms with Crippen molar-refractivity contribution in [1.29, 1.82) is 0 Å². The number of hydrogen-bond donors (Lipinski definition) is 1. The molecule has 11 heteroatoms. The molecule has 44 heavy (non-hydrogen) atoms. The average Bonchev–Trinajstić information content (AvgIpc) is 3.33. The van der Waals surface area contributed by atoms with Crippen molar-refractivity contribution >= 4 is 52.5 Å². The molecule has 7 nitrogen and oxygen atoms in total. The van der Waals surface area contributed by atoms with Crippen LogP contribution in [0.4, 0.5) is 14.5 Å². The highest BCUT2D eigenvalue weighted by atomic mass is 35.5. The monoisotopic (exact) mass is 636 g/mol. The lowest BCUT2D eigenvalue weighted by molar-refractivity contribution is -0.141. The molecule has 2 heterocycles. The van der Waals surface area contributed by atoms with Gasteiger partial charge in [-0.05, 0) is 66.3 Å². The lowest BCUT2D eigenvalue weighted by Crippen LogP contribution is -2.60. The minimum Gasteiger partial charge on any atom is -0.505 e. The predicted molar refractivity (Wildman–Crippen MR) is 157 cm³/mol. The van der Waals surface area contributed by atoms with E-state index in [0.29, 0.717) is 5.57 Å². The lowest BCUT2D eigenvalue weighted by atomic mass is 9.56. The first-order valence-corrected chi connectivity index (χ1v) is 14.8. The molecule has 3 aromatic carbocycles. The second-order valence-electron chi connectivity index (χ2n) is 11.7. The highest BCUT2D eigenvalue weighted by molar-refractivity contribution is 6.58. The van der Waals surface area contributed by atoms with Gasteiger partial charge in [-0.1, -0.05) is 48.0 Å². The van der Waals surface area contributed by atoms with Gasteiger partial charge in [0.2, 0.25) is 11.8 Å². The number of amides is 4. The number of imide groups is 2. The van der Waals surface area contributed by atoms with E-state index in [1.54, 1.807) is 6.08 Å². The maximum Gasteiger partial charge on any atom is 0.258 e.